The van der Waals surface area contributed by atoms with E-state index in [0.717, 1.165) is 6.42 Å². The molecule has 1 fully saturated rings. The fourth-order valence-electron chi connectivity index (χ4n) is 2.44. The normalized spacial score (nSPS) is 16.9. The Morgan fingerprint density at radius 2 is 2.00 bits per heavy atom. The molecule has 4 heteroatoms. The summed E-state index contributed by atoms with van der Waals surface area (Å²) in [5.41, 5.74) is 7.23. The third-order valence-corrected chi connectivity index (χ3v) is 3.96. The van der Waals surface area contributed by atoms with E-state index in [0.29, 0.717) is 24.8 Å². The Balaban J connectivity index is 0.00000200. The molecule has 1 aliphatic carbocycles. The number of hydrogen-bond donors (Lipinski definition) is 2. The lowest BCUT2D eigenvalue weighted by atomic mass is 9.93. The van der Waals surface area contributed by atoms with Gasteiger partial charge in [0.2, 0.25) is 5.91 Å². The Morgan fingerprint density at radius 1 is 1.35 bits per heavy atom. The van der Waals surface area contributed by atoms with E-state index in [1.807, 2.05) is 18.2 Å². The van der Waals surface area contributed by atoms with E-state index < -0.39 is 0 Å². The van der Waals surface area contributed by atoms with Crippen LogP contribution in [-0.2, 0) is 4.79 Å². The van der Waals surface area contributed by atoms with Gasteiger partial charge in [0, 0.05) is 19.0 Å². The summed E-state index contributed by atoms with van der Waals surface area (Å²) in [6.45, 7) is 2.75. The van der Waals surface area contributed by atoms with Gasteiger partial charge in [-0.05, 0) is 36.7 Å². The molecule has 2 atom stereocenters. The SMILES string of the molecule is CCC(CC(=O)NCC(N)C1CC1)c1ccccc1.Cl. The van der Waals surface area contributed by atoms with Crippen LogP contribution in [0.2, 0.25) is 0 Å². The molecule has 1 aromatic rings. The van der Waals surface area contributed by atoms with Gasteiger partial charge < -0.3 is 11.1 Å². The molecule has 0 aliphatic heterocycles. The van der Waals surface area contributed by atoms with Crippen LogP contribution in [0.5, 0.6) is 0 Å². The second-order valence-electron chi connectivity index (χ2n) is 5.53. The zero-order valence-electron chi connectivity index (χ0n) is 12.0. The van der Waals surface area contributed by atoms with E-state index in [9.17, 15) is 4.79 Å². The maximum Gasteiger partial charge on any atom is 0.220 e. The number of amides is 1. The number of halogens is 1. The summed E-state index contributed by atoms with van der Waals surface area (Å²) in [4.78, 5) is 12.0. The minimum atomic E-state index is 0. The highest BCUT2D eigenvalue weighted by Crippen LogP contribution is 2.31. The van der Waals surface area contributed by atoms with Crippen LogP contribution in [0, 0.1) is 5.92 Å². The standard InChI is InChI=1S/C16H24N2O.ClH/c1-2-12(13-6-4-3-5-7-13)10-16(19)18-11-15(17)14-8-9-14;/h3-7,12,14-15H,2,8-11,17H2,1H3,(H,18,19);1H. The number of nitrogens with two attached hydrogens (primary N) is 1. The molecule has 3 N–H and O–H groups in total. The van der Waals surface area contributed by atoms with E-state index in [1.54, 1.807) is 0 Å². The topological polar surface area (TPSA) is 55.1 Å². The highest BCUT2D eigenvalue weighted by molar-refractivity contribution is 5.85. The molecule has 0 spiro atoms. The number of hydrogen-bond acceptors (Lipinski definition) is 2. The first-order chi connectivity index (χ1) is 9.20. The lowest BCUT2D eigenvalue weighted by Gasteiger charge is -2.16. The molecule has 20 heavy (non-hydrogen) atoms. The van der Waals surface area contributed by atoms with Crippen molar-refractivity contribution in [2.24, 2.45) is 11.7 Å². The van der Waals surface area contributed by atoms with Crippen molar-refractivity contribution in [1.82, 2.24) is 5.32 Å². The number of rotatable bonds is 7. The number of nitrogens with one attached hydrogen (secondary N) is 1. The van der Waals surface area contributed by atoms with Crippen molar-refractivity contribution in [2.75, 3.05) is 6.54 Å². The minimum absolute atomic E-state index is 0. The van der Waals surface area contributed by atoms with Gasteiger partial charge in [0.1, 0.15) is 0 Å². The van der Waals surface area contributed by atoms with Crippen molar-refractivity contribution in [1.29, 1.82) is 0 Å². The fraction of sp³-hybridized carbons (Fsp3) is 0.562. The van der Waals surface area contributed by atoms with Gasteiger partial charge in [-0.2, -0.15) is 0 Å². The van der Waals surface area contributed by atoms with Crippen molar-refractivity contribution in [3.05, 3.63) is 35.9 Å². The zero-order valence-corrected chi connectivity index (χ0v) is 12.9. The molecule has 3 nitrogen and oxygen atoms in total. The predicted octanol–water partition coefficient (Wildman–Crippen LogP) is 2.85. The molecular formula is C16H25ClN2O. The van der Waals surface area contributed by atoms with E-state index in [2.05, 4.69) is 24.4 Å². The Morgan fingerprint density at radius 3 is 2.55 bits per heavy atom. The lowest BCUT2D eigenvalue weighted by Crippen LogP contribution is -2.38. The Kier molecular flexibility index (Phi) is 7.03. The average Bonchev–Trinajstić information content (AvgIpc) is 3.27. The van der Waals surface area contributed by atoms with Crippen LogP contribution in [0.1, 0.15) is 44.1 Å². The lowest BCUT2D eigenvalue weighted by molar-refractivity contribution is -0.121. The first-order valence-electron chi connectivity index (χ1n) is 7.28. The molecule has 1 amide bonds. The van der Waals surface area contributed by atoms with Gasteiger partial charge in [0.25, 0.3) is 0 Å². The van der Waals surface area contributed by atoms with Gasteiger partial charge in [-0.25, -0.2) is 0 Å². The van der Waals surface area contributed by atoms with Crippen molar-refractivity contribution < 1.29 is 4.79 Å². The number of benzene rings is 1. The zero-order chi connectivity index (χ0) is 13.7. The van der Waals surface area contributed by atoms with Crippen LogP contribution in [0.3, 0.4) is 0 Å². The molecule has 1 aromatic carbocycles. The Hall–Kier alpha value is -1.06. The maximum absolute atomic E-state index is 12.0. The van der Waals surface area contributed by atoms with Gasteiger partial charge in [0.15, 0.2) is 0 Å². The van der Waals surface area contributed by atoms with Crippen molar-refractivity contribution in [2.45, 2.75) is 44.6 Å². The number of carbonyl (C=O) groups is 1. The summed E-state index contributed by atoms with van der Waals surface area (Å²) in [7, 11) is 0. The molecule has 2 rings (SSSR count). The monoisotopic (exact) mass is 296 g/mol. The second-order valence-corrected chi connectivity index (χ2v) is 5.53. The van der Waals surface area contributed by atoms with Crippen LogP contribution in [0.4, 0.5) is 0 Å². The Bertz CT molecular complexity index is 406. The van der Waals surface area contributed by atoms with Gasteiger partial charge in [-0.1, -0.05) is 37.3 Å². The maximum atomic E-state index is 12.0. The highest BCUT2D eigenvalue weighted by Gasteiger charge is 2.28. The molecule has 1 saturated carbocycles. The second kappa shape index (κ2) is 8.28. The summed E-state index contributed by atoms with van der Waals surface area (Å²) in [5.74, 6) is 1.06. The van der Waals surface area contributed by atoms with E-state index in [-0.39, 0.29) is 24.4 Å². The predicted molar refractivity (Wildman–Crippen MR) is 85.0 cm³/mol. The van der Waals surface area contributed by atoms with Crippen molar-refractivity contribution in [3.63, 3.8) is 0 Å². The summed E-state index contributed by atoms with van der Waals surface area (Å²) < 4.78 is 0. The quantitative estimate of drug-likeness (QED) is 0.813. The third-order valence-electron chi connectivity index (χ3n) is 3.96. The molecule has 0 saturated heterocycles. The van der Waals surface area contributed by atoms with Crippen molar-refractivity contribution in [3.8, 4) is 0 Å². The van der Waals surface area contributed by atoms with Gasteiger partial charge in [0.05, 0.1) is 0 Å². The molecule has 0 bridgehead atoms. The average molecular weight is 297 g/mol. The molecule has 0 aromatic heterocycles. The van der Waals surface area contributed by atoms with Gasteiger partial charge in [-0.3, -0.25) is 4.79 Å². The molecule has 112 valence electrons. The minimum Gasteiger partial charge on any atom is -0.355 e. The van der Waals surface area contributed by atoms with E-state index in [1.165, 1.54) is 18.4 Å². The smallest absolute Gasteiger partial charge is 0.220 e. The van der Waals surface area contributed by atoms with E-state index >= 15 is 0 Å². The molecule has 0 heterocycles. The first-order valence-corrected chi connectivity index (χ1v) is 7.28. The Labute approximate surface area is 127 Å². The third kappa shape index (κ3) is 5.14. The van der Waals surface area contributed by atoms with E-state index in [4.69, 9.17) is 5.73 Å². The van der Waals surface area contributed by atoms with Gasteiger partial charge >= 0.3 is 0 Å². The summed E-state index contributed by atoms with van der Waals surface area (Å²) in [5, 5.41) is 2.97. The fourth-order valence-corrected chi connectivity index (χ4v) is 2.44. The molecule has 0 radical (unpaired) electrons. The van der Waals surface area contributed by atoms with Crippen LogP contribution >= 0.6 is 12.4 Å². The van der Waals surface area contributed by atoms with Crippen LogP contribution in [0.25, 0.3) is 0 Å². The number of carbonyl (C=O) groups excluding carboxylic acids is 1. The highest BCUT2D eigenvalue weighted by atomic mass is 35.5. The van der Waals surface area contributed by atoms with Crippen LogP contribution in [-0.4, -0.2) is 18.5 Å². The summed E-state index contributed by atoms with van der Waals surface area (Å²) in [6.07, 6.45) is 3.97. The van der Waals surface area contributed by atoms with Crippen LogP contribution < -0.4 is 11.1 Å². The van der Waals surface area contributed by atoms with Crippen LogP contribution in [0.15, 0.2) is 30.3 Å². The van der Waals surface area contributed by atoms with Crippen molar-refractivity contribution >= 4 is 18.3 Å². The largest absolute Gasteiger partial charge is 0.355 e. The molecule has 2 unspecified atom stereocenters. The summed E-state index contributed by atoms with van der Waals surface area (Å²) >= 11 is 0. The molecular weight excluding hydrogens is 272 g/mol. The first kappa shape index (κ1) is 17.0. The molecule has 1 aliphatic rings. The van der Waals surface area contributed by atoms with Gasteiger partial charge in [-0.15, -0.1) is 12.4 Å². The summed E-state index contributed by atoms with van der Waals surface area (Å²) in [6, 6.07) is 10.4.